The van der Waals surface area contributed by atoms with E-state index in [4.69, 9.17) is 9.47 Å². The molecule has 22 heavy (non-hydrogen) atoms. The van der Waals surface area contributed by atoms with Crippen molar-refractivity contribution in [1.82, 2.24) is 10.6 Å². The molecule has 126 valence electrons. The van der Waals surface area contributed by atoms with Gasteiger partial charge in [-0.15, -0.1) is 0 Å². The summed E-state index contributed by atoms with van der Waals surface area (Å²) in [6, 6.07) is -1.30. The molecule has 0 aliphatic carbocycles. The fourth-order valence-corrected chi connectivity index (χ4v) is 1.87. The van der Waals surface area contributed by atoms with Gasteiger partial charge >= 0.3 is 5.97 Å². The second-order valence-electron chi connectivity index (χ2n) is 5.98. The van der Waals surface area contributed by atoms with Crippen LogP contribution in [0.15, 0.2) is 0 Å². The molecule has 1 saturated heterocycles. The molecule has 7 nitrogen and oxygen atoms in total. The second-order valence-corrected chi connectivity index (χ2v) is 5.98. The van der Waals surface area contributed by atoms with E-state index in [1.807, 2.05) is 6.92 Å². The molecule has 1 heterocycles. The fraction of sp³-hybridized carbons (Fsp3) is 0.800. The maximum absolute atomic E-state index is 12.2. The first kappa shape index (κ1) is 18.6. The summed E-state index contributed by atoms with van der Waals surface area (Å²) in [6.45, 7) is 7.29. The van der Waals surface area contributed by atoms with Crippen LogP contribution in [0, 0.1) is 5.92 Å². The van der Waals surface area contributed by atoms with E-state index in [0.717, 1.165) is 0 Å². The number of carbonyl (C=O) groups excluding carboxylic acids is 3. The number of likely N-dealkylation sites (N-methyl/N-ethyl adjacent to an activating group) is 1. The van der Waals surface area contributed by atoms with Crippen LogP contribution >= 0.6 is 0 Å². The molecular formula is C15H26N2O5. The second kappa shape index (κ2) is 7.69. The highest BCUT2D eigenvalue weighted by Gasteiger charge is 2.49. The van der Waals surface area contributed by atoms with Crippen LogP contribution < -0.4 is 10.6 Å². The molecule has 0 aromatic heterocycles. The maximum atomic E-state index is 12.2. The lowest BCUT2D eigenvalue weighted by atomic mass is 9.98. The molecule has 1 amide bonds. The van der Waals surface area contributed by atoms with Crippen LogP contribution in [0.5, 0.6) is 0 Å². The molecule has 0 radical (unpaired) electrons. The molecule has 0 aromatic rings. The minimum atomic E-state index is -0.771. The number of nitrogens with one attached hydrogen (secondary N) is 2. The summed E-state index contributed by atoms with van der Waals surface area (Å²) in [5.74, 6) is -1.12. The van der Waals surface area contributed by atoms with Crippen molar-refractivity contribution in [2.75, 3.05) is 20.3 Å². The van der Waals surface area contributed by atoms with E-state index in [2.05, 4.69) is 10.6 Å². The zero-order valence-corrected chi connectivity index (χ0v) is 13.9. The molecule has 0 bridgehead atoms. The molecule has 1 aliphatic heterocycles. The minimum absolute atomic E-state index is 0.0717. The highest BCUT2D eigenvalue weighted by molar-refractivity contribution is 5.97. The van der Waals surface area contributed by atoms with Gasteiger partial charge in [0, 0.05) is 0 Å². The van der Waals surface area contributed by atoms with E-state index in [1.165, 1.54) is 0 Å². The molecule has 1 fully saturated rings. The highest BCUT2D eigenvalue weighted by atomic mass is 16.6. The third-order valence-electron chi connectivity index (χ3n) is 3.67. The third kappa shape index (κ3) is 4.78. The quantitative estimate of drug-likeness (QED) is 0.460. The molecular weight excluding hydrogens is 288 g/mol. The third-order valence-corrected chi connectivity index (χ3v) is 3.67. The number of amides is 1. The van der Waals surface area contributed by atoms with Crippen molar-refractivity contribution >= 4 is 17.7 Å². The van der Waals surface area contributed by atoms with E-state index >= 15 is 0 Å². The highest BCUT2D eigenvalue weighted by Crippen LogP contribution is 2.28. The molecule has 3 atom stereocenters. The summed E-state index contributed by atoms with van der Waals surface area (Å²) in [7, 11) is 1.60. The maximum Gasteiger partial charge on any atom is 0.308 e. The monoisotopic (exact) mass is 314 g/mol. The molecule has 0 aromatic carbocycles. The van der Waals surface area contributed by atoms with Crippen molar-refractivity contribution in [3.63, 3.8) is 0 Å². The van der Waals surface area contributed by atoms with Gasteiger partial charge in [-0.3, -0.25) is 14.4 Å². The lowest BCUT2D eigenvalue weighted by Crippen LogP contribution is -2.53. The number of carbonyl (C=O) groups is 3. The topological polar surface area (TPSA) is 97.0 Å². The van der Waals surface area contributed by atoms with Gasteiger partial charge < -0.3 is 20.1 Å². The van der Waals surface area contributed by atoms with E-state index in [9.17, 15) is 14.4 Å². The minimum Gasteiger partial charge on any atom is -0.463 e. The average molecular weight is 314 g/mol. The first-order chi connectivity index (χ1) is 10.2. The van der Waals surface area contributed by atoms with Crippen molar-refractivity contribution in [2.24, 2.45) is 5.92 Å². The Morgan fingerprint density at radius 2 is 1.86 bits per heavy atom. The average Bonchev–Trinajstić information content (AvgIpc) is 3.23. The standard InChI is InChI=1S/C15H26N2O5/c1-6-10(12(18)15(4)8-22-15)17-13(19)11(16-5)7-21-14(20)9(2)3/h9-11,16H,6-8H2,1-5H3,(H,17,19). The number of ether oxygens (including phenoxy) is 2. The largest absolute Gasteiger partial charge is 0.463 e. The van der Waals surface area contributed by atoms with Gasteiger partial charge in [0.15, 0.2) is 5.78 Å². The molecule has 0 spiro atoms. The first-order valence-corrected chi connectivity index (χ1v) is 7.57. The number of rotatable bonds is 9. The zero-order chi connectivity index (χ0) is 16.9. The summed E-state index contributed by atoms with van der Waals surface area (Å²) in [5.41, 5.74) is -0.771. The lowest BCUT2D eigenvalue weighted by Gasteiger charge is -2.22. The normalized spacial score (nSPS) is 22.8. The Balaban J connectivity index is 2.55. The summed E-state index contributed by atoms with van der Waals surface area (Å²) in [5, 5.41) is 5.48. The van der Waals surface area contributed by atoms with Gasteiger partial charge in [0.05, 0.1) is 18.6 Å². The van der Waals surface area contributed by atoms with Crippen LogP contribution in [0.25, 0.3) is 0 Å². The van der Waals surface area contributed by atoms with Gasteiger partial charge in [-0.1, -0.05) is 20.8 Å². The summed E-state index contributed by atoms with van der Waals surface area (Å²) >= 11 is 0. The van der Waals surface area contributed by atoms with Crippen molar-refractivity contribution in [2.45, 2.75) is 51.8 Å². The van der Waals surface area contributed by atoms with E-state index < -0.39 is 17.7 Å². The first-order valence-electron chi connectivity index (χ1n) is 7.57. The smallest absolute Gasteiger partial charge is 0.308 e. The van der Waals surface area contributed by atoms with Gasteiger partial charge in [0.1, 0.15) is 18.2 Å². The molecule has 3 unspecified atom stereocenters. The molecule has 1 rings (SSSR count). The van der Waals surface area contributed by atoms with Gasteiger partial charge in [-0.25, -0.2) is 0 Å². The predicted octanol–water partition coefficient (Wildman–Crippen LogP) is 0.0264. The fourth-order valence-electron chi connectivity index (χ4n) is 1.87. The van der Waals surface area contributed by atoms with Crippen LogP contribution in [-0.2, 0) is 23.9 Å². The van der Waals surface area contributed by atoms with Gasteiger partial charge in [-0.05, 0) is 20.4 Å². The number of hydrogen-bond donors (Lipinski definition) is 2. The summed E-state index contributed by atoms with van der Waals surface area (Å²) in [4.78, 5) is 35.9. The van der Waals surface area contributed by atoms with Crippen LogP contribution in [0.2, 0.25) is 0 Å². The van der Waals surface area contributed by atoms with Gasteiger partial charge in [-0.2, -0.15) is 0 Å². The zero-order valence-electron chi connectivity index (χ0n) is 13.9. The van der Waals surface area contributed by atoms with E-state index in [0.29, 0.717) is 13.0 Å². The number of epoxide rings is 1. The van der Waals surface area contributed by atoms with Crippen molar-refractivity contribution < 1.29 is 23.9 Å². The SMILES string of the molecule is CCC(NC(=O)C(COC(=O)C(C)C)NC)C(=O)C1(C)CO1. The lowest BCUT2D eigenvalue weighted by molar-refractivity contribution is -0.149. The number of Topliss-reactive ketones (excluding diaryl/α,β-unsaturated/α-hetero) is 1. The number of ketones is 1. The van der Waals surface area contributed by atoms with Crippen LogP contribution in [0.3, 0.4) is 0 Å². The molecule has 1 aliphatic rings. The van der Waals surface area contributed by atoms with Gasteiger partial charge in [0.25, 0.3) is 0 Å². The van der Waals surface area contributed by atoms with Gasteiger partial charge in [0.2, 0.25) is 5.91 Å². The predicted molar refractivity (Wildman–Crippen MR) is 80.2 cm³/mol. The van der Waals surface area contributed by atoms with Crippen LogP contribution in [0.4, 0.5) is 0 Å². The number of hydrogen-bond acceptors (Lipinski definition) is 6. The Morgan fingerprint density at radius 3 is 2.27 bits per heavy atom. The Labute approximate surface area is 131 Å². The molecule has 0 saturated carbocycles. The Kier molecular flexibility index (Phi) is 6.49. The summed E-state index contributed by atoms with van der Waals surface area (Å²) in [6.07, 6.45) is 0.478. The molecule has 7 heteroatoms. The van der Waals surface area contributed by atoms with E-state index in [-0.39, 0.29) is 30.2 Å². The van der Waals surface area contributed by atoms with Crippen LogP contribution in [-0.4, -0.2) is 55.6 Å². The Morgan fingerprint density at radius 1 is 1.27 bits per heavy atom. The molecule has 2 N–H and O–H groups in total. The number of esters is 1. The summed E-state index contributed by atoms with van der Waals surface area (Å²) < 4.78 is 10.2. The van der Waals surface area contributed by atoms with Crippen LogP contribution in [0.1, 0.15) is 34.1 Å². The Bertz CT molecular complexity index is 432. The van der Waals surface area contributed by atoms with E-state index in [1.54, 1.807) is 27.8 Å². The Hall–Kier alpha value is -1.47. The van der Waals surface area contributed by atoms with Crippen molar-refractivity contribution in [1.29, 1.82) is 0 Å². The van der Waals surface area contributed by atoms with Crippen molar-refractivity contribution in [3.8, 4) is 0 Å². The van der Waals surface area contributed by atoms with Crippen molar-refractivity contribution in [3.05, 3.63) is 0 Å².